The first-order valence-corrected chi connectivity index (χ1v) is 11.6. The Kier molecular flexibility index (Phi) is 6.89. The fourth-order valence-corrected chi connectivity index (χ4v) is 4.68. The van der Waals surface area contributed by atoms with Gasteiger partial charge in [-0.25, -0.2) is 0 Å². The zero-order valence-electron chi connectivity index (χ0n) is 17.6. The molecule has 0 bridgehead atoms. The maximum atomic E-state index is 13.1. The van der Waals surface area contributed by atoms with Crippen LogP contribution in [-0.4, -0.2) is 73.4 Å². The summed E-state index contributed by atoms with van der Waals surface area (Å²) >= 11 is 7.52. The van der Waals surface area contributed by atoms with Gasteiger partial charge < -0.3 is 9.80 Å². The topological polar surface area (TPSA) is 67.2 Å². The Hall–Kier alpha value is -2.42. The Morgan fingerprint density at radius 1 is 1.06 bits per heavy atom. The smallest absolute Gasteiger partial charge is 0.235 e. The second kappa shape index (κ2) is 9.80. The van der Waals surface area contributed by atoms with Crippen molar-refractivity contribution in [3.63, 3.8) is 0 Å². The highest BCUT2D eigenvalue weighted by molar-refractivity contribution is 8.00. The van der Waals surface area contributed by atoms with E-state index in [1.807, 2.05) is 52.8 Å². The van der Waals surface area contributed by atoms with Crippen molar-refractivity contribution in [1.82, 2.24) is 29.5 Å². The Morgan fingerprint density at radius 2 is 1.74 bits per heavy atom. The van der Waals surface area contributed by atoms with E-state index in [0.717, 1.165) is 44.0 Å². The molecule has 0 N–H and O–H groups in total. The third kappa shape index (κ3) is 4.92. The minimum absolute atomic E-state index is 0.136. The molecule has 31 heavy (non-hydrogen) atoms. The molecule has 162 valence electrons. The first kappa shape index (κ1) is 21.8. The fourth-order valence-electron chi connectivity index (χ4n) is 3.61. The van der Waals surface area contributed by atoms with Gasteiger partial charge in [-0.05, 0) is 49.9 Å². The molecular weight excluding hydrogens is 432 g/mol. The molecule has 0 saturated carbocycles. The molecule has 1 atom stereocenters. The summed E-state index contributed by atoms with van der Waals surface area (Å²) < 4.78 is 1.97. The van der Waals surface area contributed by atoms with Crippen molar-refractivity contribution in [3.05, 3.63) is 53.8 Å². The number of halogens is 1. The minimum Gasteiger partial charge on any atom is -0.339 e. The molecule has 0 spiro atoms. The molecule has 1 amide bonds. The van der Waals surface area contributed by atoms with Gasteiger partial charge in [0.15, 0.2) is 11.0 Å². The van der Waals surface area contributed by atoms with Crippen molar-refractivity contribution >= 4 is 29.3 Å². The Morgan fingerprint density at radius 3 is 2.39 bits per heavy atom. The van der Waals surface area contributed by atoms with Crippen molar-refractivity contribution in [3.8, 4) is 17.1 Å². The number of nitrogens with zero attached hydrogens (tertiary/aromatic N) is 6. The van der Waals surface area contributed by atoms with Crippen LogP contribution >= 0.6 is 23.4 Å². The molecule has 3 heterocycles. The Labute approximate surface area is 191 Å². The maximum Gasteiger partial charge on any atom is 0.235 e. The highest BCUT2D eigenvalue weighted by atomic mass is 35.5. The first-order valence-electron chi connectivity index (χ1n) is 10.4. The average Bonchev–Trinajstić information content (AvgIpc) is 3.23. The highest BCUT2D eigenvalue weighted by Crippen LogP contribution is 2.31. The fraction of sp³-hybridized carbons (Fsp3) is 0.364. The van der Waals surface area contributed by atoms with Crippen LogP contribution in [0.1, 0.15) is 13.8 Å². The normalized spacial score (nSPS) is 15.8. The molecular formula is C22H25ClN6OS. The van der Waals surface area contributed by atoms with Crippen molar-refractivity contribution in [2.45, 2.75) is 24.3 Å². The van der Waals surface area contributed by atoms with Crippen molar-refractivity contribution < 1.29 is 4.79 Å². The number of piperazine rings is 1. The lowest BCUT2D eigenvalue weighted by Crippen LogP contribution is -2.50. The van der Waals surface area contributed by atoms with E-state index >= 15 is 0 Å². The second-order valence-electron chi connectivity index (χ2n) is 7.37. The van der Waals surface area contributed by atoms with Crippen LogP contribution in [0.5, 0.6) is 0 Å². The van der Waals surface area contributed by atoms with Gasteiger partial charge in [0.05, 0.1) is 5.25 Å². The summed E-state index contributed by atoms with van der Waals surface area (Å²) in [5, 5.41) is 9.92. The van der Waals surface area contributed by atoms with Gasteiger partial charge in [0.2, 0.25) is 5.91 Å². The molecule has 7 nitrogen and oxygen atoms in total. The van der Waals surface area contributed by atoms with Crippen LogP contribution in [0, 0.1) is 0 Å². The number of pyridine rings is 1. The molecule has 0 unspecified atom stereocenters. The summed E-state index contributed by atoms with van der Waals surface area (Å²) in [4.78, 5) is 21.5. The molecule has 1 aliphatic heterocycles. The van der Waals surface area contributed by atoms with Gasteiger partial charge in [-0.2, -0.15) is 0 Å². The number of amides is 1. The summed E-state index contributed by atoms with van der Waals surface area (Å²) in [5.74, 6) is 0.834. The van der Waals surface area contributed by atoms with Crippen LogP contribution in [-0.2, 0) is 4.79 Å². The molecule has 1 saturated heterocycles. The van der Waals surface area contributed by atoms with Crippen LogP contribution in [0.15, 0.2) is 53.9 Å². The second-order valence-corrected chi connectivity index (χ2v) is 9.12. The molecule has 4 rings (SSSR count). The number of aromatic nitrogens is 4. The summed E-state index contributed by atoms with van der Waals surface area (Å²) in [6.45, 7) is 8.49. The number of rotatable bonds is 6. The largest absolute Gasteiger partial charge is 0.339 e. The summed E-state index contributed by atoms with van der Waals surface area (Å²) in [6.07, 6.45) is 3.45. The number of carbonyl (C=O) groups excluding carboxylic acids is 1. The van der Waals surface area contributed by atoms with Crippen LogP contribution in [0.2, 0.25) is 5.02 Å². The van der Waals surface area contributed by atoms with E-state index in [2.05, 4.69) is 27.0 Å². The van der Waals surface area contributed by atoms with Crippen molar-refractivity contribution in [2.24, 2.45) is 0 Å². The van der Waals surface area contributed by atoms with Crippen LogP contribution in [0.3, 0.4) is 0 Å². The SMILES string of the molecule is CCN1CCN(C(=O)[C@@H](C)Sc2nnc(-c3ccncc3)n2-c2ccc(Cl)cc2)CC1. The Bertz CT molecular complexity index is 1020. The van der Waals surface area contributed by atoms with Gasteiger partial charge in [-0.1, -0.05) is 30.3 Å². The van der Waals surface area contributed by atoms with Gasteiger partial charge in [-0.3, -0.25) is 14.3 Å². The third-order valence-electron chi connectivity index (χ3n) is 5.42. The third-order valence-corrected chi connectivity index (χ3v) is 6.70. The van der Waals surface area contributed by atoms with E-state index in [0.29, 0.717) is 16.0 Å². The molecule has 1 fully saturated rings. The number of hydrogen-bond acceptors (Lipinski definition) is 6. The predicted molar refractivity (Wildman–Crippen MR) is 124 cm³/mol. The molecule has 1 aromatic carbocycles. The quantitative estimate of drug-likeness (QED) is 0.528. The highest BCUT2D eigenvalue weighted by Gasteiger charge is 2.27. The molecule has 3 aromatic rings. The lowest BCUT2D eigenvalue weighted by molar-refractivity contribution is -0.132. The van der Waals surface area contributed by atoms with Gasteiger partial charge in [-0.15, -0.1) is 10.2 Å². The van der Waals surface area contributed by atoms with Gasteiger partial charge in [0, 0.05) is 54.8 Å². The average molecular weight is 457 g/mol. The number of hydrogen-bond donors (Lipinski definition) is 0. The number of carbonyl (C=O) groups is 1. The summed E-state index contributed by atoms with van der Waals surface area (Å²) in [7, 11) is 0. The van der Waals surface area contributed by atoms with Crippen molar-refractivity contribution in [2.75, 3.05) is 32.7 Å². The van der Waals surface area contributed by atoms with Crippen molar-refractivity contribution in [1.29, 1.82) is 0 Å². The van der Waals surface area contributed by atoms with E-state index in [-0.39, 0.29) is 11.2 Å². The Balaban J connectivity index is 1.60. The van der Waals surface area contributed by atoms with Crippen LogP contribution in [0.25, 0.3) is 17.1 Å². The number of likely N-dealkylation sites (N-methyl/N-ethyl adjacent to an activating group) is 1. The van der Waals surface area contributed by atoms with E-state index in [9.17, 15) is 4.79 Å². The summed E-state index contributed by atoms with van der Waals surface area (Å²) in [6, 6.07) is 11.3. The van der Waals surface area contributed by atoms with E-state index < -0.39 is 0 Å². The molecule has 9 heteroatoms. The van der Waals surface area contributed by atoms with Gasteiger partial charge in [0.1, 0.15) is 0 Å². The van der Waals surface area contributed by atoms with E-state index in [1.165, 1.54) is 11.8 Å². The van der Waals surface area contributed by atoms with E-state index in [4.69, 9.17) is 11.6 Å². The monoisotopic (exact) mass is 456 g/mol. The van der Waals surface area contributed by atoms with Gasteiger partial charge in [0.25, 0.3) is 0 Å². The number of benzene rings is 1. The zero-order chi connectivity index (χ0) is 21.8. The minimum atomic E-state index is -0.270. The lowest BCUT2D eigenvalue weighted by Gasteiger charge is -2.35. The van der Waals surface area contributed by atoms with Gasteiger partial charge >= 0.3 is 0 Å². The first-order chi connectivity index (χ1) is 15.1. The van der Waals surface area contributed by atoms with Crippen LogP contribution in [0.4, 0.5) is 0 Å². The molecule has 0 aliphatic carbocycles. The zero-order valence-corrected chi connectivity index (χ0v) is 19.2. The number of thioether (sulfide) groups is 1. The molecule has 1 aliphatic rings. The predicted octanol–water partition coefficient (Wildman–Crippen LogP) is 3.63. The molecule has 0 radical (unpaired) electrons. The standard InChI is InChI=1S/C22H25ClN6OS/c1-3-27-12-14-28(15-13-27)21(30)16(2)31-22-26-25-20(17-8-10-24-11-9-17)29(22)19-6-4-18(23)5-7-19/h4-11,16H,3,12-15H2,1-2H3/t16-/m1/s1. The van der Waals surface area contributed by atoms with E-state index in [1.54, 1.807) is 12.4 Å². The maximum absolute atomic E-state index is 13.1. The molecule has 2 aromatic heterocycles. The lowest BCUT2D eigenvalue weighted by atomic mass is 10.2. The van der Waals surface area contributed by atoms with Crippen LogP contribution < -0.4 is 0 Å². The summed E-state index contributed by atoms with van der Waals surface area (Å²) in [5.41, 5.74) is 1.79.